The van der Waals surface area contributed by atoms with E-state index in [2.05, 4.69) is 50.7 Å². The van der Waals surface area contributed by atoms with Crippen molar-refractivity contribution in [2.75, 3.05) is 13.2 Å². The fourth-order valence-corrected chi connectivity index (χ4v) is 3.09. The van der Waals surface area contributed by atoms with E-state index in [0.29, 0.717) is 12.4 Å². The lowest BCUT2D eigenvalue weighted by Gasteiger charge is -2.36. The molecule has 1 aromatic heterocycles. The van der Waals surface area contributed by atoms with Gasteiger partial charge in [-0.2, -0.15) is 0 Å². The highest BCUT2D eigenvalue weighted by Gasteiger charge is 2.36. The lowest BCUT2D eigenvalue weighted by Crippen LogP contribution is -2.41. The van der Waals surface area contributed by atoms with E-state index in [-0.39, 0.29) is 17.5 Å². The molecule has 2 rings (SSSR count). The van der Waals surface area contributed by atoms with E-state index in [1.165, 1.54) is 6.20 Å². The molecule has 146 valence electrons. The summed E-state index contributed by atoms with van der Waals surface area (Å²) < 4.78 is 17.1. The molecule has 0 aliphatic carbocycles. The first-order valence-electron chi connectivity index (χ1n) is 9.16. The highest BCUT2D eigenvalue weighted by molar-refractivity contribution is 6.74. The fourth-order valence-electron chi connectivity index (χ4n) is 2.00. The molecule has 0 unspecified atom stereocenters. The summed E-state index contributed by atoms with van der Waals surface area (Å²) in [5, 5.41) is 9.15. The van der Waals surface area contributed by atoms with Gasteiger partial charge >= 0.3 is 0 Å². The Morgan fingerprint density at radius 2 is 1.81 bits per heavy atom. The number of rotatable bonds is 7. The summed E-state index contributed by atoms with van der Waals surface area (Å²) in [6, 6.07) is 7.60. The van der Waals surface area contributed by atoms with Crippen molar-refractivity contribution < 1.29 is 18.7 Å². The molecule has 0 amide bonds. The van der Waals surface area contributed by atoms with Crippen LogP contribution in [0.4, 0.5) is 0 Å². The van der Waals surface area contributed by atoms with Gasteiger partial charge < -0.3 is 18.7 Å². The maximum absolute atomic E-state index is 8.92. The van der Waals surface area contributed by atoms with Crippen LogP contribution in [0.2, 0.25) is 18.1 Å². The third-order valence-corrected chi connectivity index (χ3v) is 9.24. The molecule has 0 fully saturated rings. The number of nitrogens with zero attached hydrogens (tertiary/aromatic N) is 1. The highest BCUT2D eigenvalue weighted by Crippen LogP contribution is 2.36. The molecule has 0 saturated heterocycles. The van der Waals surface area contributed by atoms with Crippen LogP contribution in [0, 0.1) is 11.8 Å². The molecule has 0 bridgehead atoms. The van der Waals surface area contributed by atoms with Gasteiger partial charge in [-0.3, -0.25) is 0 Å². The van der Waals surface area contributed by atoms with Crippen LogP contribution < -0.4 is 4.74 Å². The first-order valence-corrected chi connectivity index (χ1v) is 12.1. The molecule has 0 atom stereocenters. The second-order valence-electron chi connectivity index (χ2n) is 7.86. The number of benzene rings is 1. The summed E-state index contributed by atoms with van der Waals surface area (Å²) >= 11 is 0. The number of hydrogen-bond donors (Lipinski definition) is 1. The summed E-state index contributed by atoms with van der Waals surface area (Å²) in [5.41, 5.74) is 0.852. The Morgan fingerprint density at radius 3 is 2.41 bits per heavy atom. The zero-order valence-electron chi connectivity index (χ0n) is 16.8. The van der Waals surface area contributed by atoms with Gasteiger partial charge in [-0.15, -0.1) is 0 Å². The molecule has 5 nitrogen and oxygen atoms in total. The Labute approximate surface area is 162 Å². The predicted octanol–water partition coefficient (Wildman–Crippen LogP) is 4.36. The monoisotopic (exact) mass is 387 g/mol. The second-order valence-corrected chi connectivity index (χ2v) is 12.7. The van der Waals surface area contributed by atoms with Gasteiger partial charge in [0.25, 0.3) is 0 Å². The van der Waals surface area contributed by atoms with E-state index >= 15 is 0 Å². The Hall–Kier alpha value is -2.07. The van der Waals surface area contributed by atoms with Crippen LogP contribution in [0.25, 0.3) is 0 Å². The van der Waals surface area contributed by atoms with E-state index in [1.807, 2.05) is 24.3 Å². The average Bonchev–Trinajstić information content (AvgIpc) is 3.08. The van der Waals surface area contributed by atoms with Crippen molar-refractivity contribution in [2.45, 2.75) is 51.9 Å². The molecule has 0 aliphatic rings. The van der Waals surface area contributed by atoms with Gasteiger partial charge in [-0.25, -0.2) is 4.98 Å². The summed E-state index contributed by atoms with van der Waals surface area (Å²) in [5.74, 6) is 7.38. The van der Waals surface area contributed by atoms with Gasteiger partial charge in [-0.1, -0.05) is 26.7 Å². The minimum absolute atomic E-state index is 0.228. The normalized spacial score (nSPS) is 11.8. The maximum Gasteiger partial charge on any atom is 0.221 e. The van der Waals surface area contributed by atoms with Gasteiger partial charge in [0.05, 0.1) is 12.8 Å². The van der Waals surface area contributed by atoms with Crippen LogP contribution in [0.5, 0.6) is 5.75 Å². The Kier molecular flexibility index (Phi) is 7.25. The number of aromatic nitrogens is 1. The molecule has 0 radical (unpaired) electrons. The molecule has 1 heterocycles. The first kappa shape index (κ1) is 21.2. The topological polar surface area (TPSA) is 64.7 Å². The molecule has 2 aromatic rings. The van der Waals surface area contributed by atoms with Crippen molar-refractivity contribution in [3.63, 3.8) is 0 Å². The van der Waals surface area contributed by atoms with Gasteiger partial charge in [0, 0.05) is 18.6 Å². The van der Waals surface area contributed by atoms with Crippen molar-refractivity contribution in [1.29, 1.82) is 0 Å². The Balaban J connectivity index is 1.76. The van der Waals surface area contributed by atoms with Crippen LogP contribution in [0.15, 0.2) is 34.9 Å². The number of ether oxygens (including phenoxy) is 1. The van der Waals surface area contributed by atoms with E-state index in [9.17, 15) is 0 Å². The number of aliphatic hydroxyl groups is 1. The molecule has 27 heavy (non-hydrogen) atoms. The molecule has 0 spiro atoms. The molecule has 0 aliphatic heterocycles. The second kappa shape index (κ2) is 9.22. The zero-order chi connectivity index (χ0) is 19.9. The molecular weight excluding hydrogens is 358 g/mol. The van der Waals surface area contributed by atoms with Crippen molar-refractivity contribution in [3.05, 3.63) is 47.7 Å². The molecule has 1 aromatic carbocycles. The van der Waals surface area contributed by atoms with Gasteiger partial charge in [0.15, 0.2) is 14.1 Å². The van der Waals surface area contributed by atoms with E-state index in [4.69, 9.17) is 18.7 Å². The van der Waals surface area contributed by atoms with Crippen LogP contribution in [-0.2, 0) is 11.0 Å². The smallest absolute Gasteiger partial charge is 0.221 e. The Bertz CT molecular complexity index is 779. The van der Waals surface area contributed by atoms with Crippen molar-refractivity contribution in [1.82, 2.24) is 4.98 Å². The lowest BCUT2D eigenvalue weighted by atomic mass is 10.2. The number of oxazole rings is 1. The summed E-state index contributed by atoms with van der Waals surface area (Å²) in [4.78, 5) is 3.89. The average molecular weight is 388 g/mol. The van der Waals surface area contributed by atoms with E-state index in [0.717, 1.165) is 24.3 Å². The SMILES string of the molecule is CC(C)(C)[Si](C)(C)OCCCOc1ccc(C#Cc2cnc(CO)o2)cc1. The lowest BCUT2D eigenvalue weighted by molar-refractivity contribution is 0.234. The van der Waals surface area contributed by atoms with E-state index < -0.39 is 8.32 Å². The molecular formula is C21H29NO4Si. The number of aliphatic hydroxyl groups excluding tert-OH is 1. The minimum Gasteiger partial charge on any atom is -0.494 e. The van der Waals surface area contributed by atoms with Crippen LogP contribution in [0.3, 0.4) is 0 Å². The summed E-state index contributed by atoms with van der Waals surface area (Å²) in [6.45, 7) is 12.4. The van der Waals surface area contributed by atoms with Crippen molar-refractivity contribution in [3.8, 4) is 17.6 Å². The maximum atomic E-state index is 8.92. The van der Waals surface area contributed by atoms with Crippen LogP contribution in [-0.4, -0.2) is 31.6 Å². The standard InChI is InChI=1S/C21H29NO4Si/c1-21(2,3)27(4,5)25-14-6-13-24-18-10-7-17(8-11-18)9-12-19-15-22-20(16-23)26-19/h7-8,10-11,15,23H,6,13-14,16H2,1-5H3. The Morgan fingerprint density at radius 1 is 1.11 bits per heavy atom. The van der Waals surface area contributed by atoms with Crippen molar-refractivity contribution in [2.24, 2.45) is 0 Å². The summed E-state index contributed by atoms with van der Waals surface area (Å²) in [7, 11) is -1.68. The fraction of sp³-hybridized carbons (Fsp3) is 0.476. The number of hydrogen-bond acceptors (Lipinski definition) is 5. The van der Waals surface area contributed by atoms with Crippen LogP contribution in [0.1, 0.15) is 44.4 Å². The van der Waals surface area contributed by atoms with E-state index in [1.54, 1.807) is 0 Å². The third-order valence-electron chi connectivity index (χ3n) is 4.70. The minimum atomic E-state index is -1.68. The quantitative estimate of drug-likeness (QED) is 0.434. The molecule has 0 saturated carbocycles. The van der Waals surface area contributed by atoms with Gasteiger partial charge in [0.2, 0.25) is 5.89 Å². The zero-order valence-corrected chi connectivity index (χ0v) is 17.8. The molecule has 6 heteroatoms. The third kappa shape index (κ3) is 6.54. The summed E-state index contributed by atoms with van der Waals surface area (Å²) in [6.07, 6.45) is 2.37. The van der Waals surface area contributed by atoms with Gasteiger partial charge in [-0.05, 0) is 48.3 Å². The highest BCUT2D eigenvalue weighted by atomic mass is 28.4. The van der Waals surface area contributed by atoms with Crippen LogP contribution >= 0.6 is 0 Å². The predicted molar refractivity (Wildman–Crippen MR) is 108 cm³/mol. The van der Waals surface area contributed by atoms with Crippen molar-refractivity contribution >= 4 is 8.32 Å². The largest absolute Gasteiger partial charge is 0.494 e. The van der Waals surface area contributed by atoms with Gasteiger partial charge in [0.1, 0.15) is 12.4 Å². The molecule has 1 N–H and O–H groups in total. The first-order chi connectivity index (χ1) is 12.7.